The molecule has 27 heavy (non-hydrogen) atoms. The molecule has 7 nitrogen and oxygen atoms in total. The van der Waals surface area contributed by atoms with Gasteiger partial charge in [0.05, 0.1) is 10.5 Å². The Hall–Kier alpha value is -2.45. The number of hydrogen-bond acceptors (Lipinski definition) is 5. The Morgan fingerprint density at radius 1 is 1.15 bits per heavy atom. The van der Waals surface area contributed by atoms with Gasteiger partial charge >= 0.3 is 0 Å². The van der Waals surface area contributed by atoms with Gasteiger partial charge in [0.1, 0.15) is 5.82 Å². The van der Waals surface area contributed by atoms with Crippen molar-refractivity contribution in [2.75, 3.05) is 37.4 Å². The molecule has 0 fully saturated rings. The molecule has 0 radical (unpaired) electrons. The number of sulfonamides is 1. The molecular formula is C19H26N4O3S. The van der Waals surface area contributed by atoms with Crippen LogP contribution in [0.15, 0.2) is 41.4 Å². The molecule has 0 atom stereocenters. The monoisotopic (exact) mass is 390 g/mol. The zero-order valence-electron chi connectivity index (χ0n) is 16.4. The summed E-state index contributed by atoms with van der Waals surface area (Å²) in [6.07, 6.45) is 1.62. The molecule has 0 bridgehead atoms. The SMILES string of the molecule is CCN(CC)S(=O)(=O)c1cc(NC(=O)c2cccnc2N(C)C)ccc1C. The van der Waals surface area contributed by atoms with Crippen LogP contribution in [0.25, 0.3) is 0 Å². The van der Waals surface area contributed by atoms with Crippen molar-refractivity contribution in [3.63, 3.8) is 0 Å². The number of carbonyl (C=O) groups excluding carboxylic acids is 1. The van der Waals surface area contributed by atoms with Gasteiger partial charge < -0.3 is 10.2 Å². The largest absolute Gasteiger partial charge is 0.362 e. The molecule has 1 aromatic heterocycles. The Bertz CT molecular complexity index is 922. The minimum absolute atomic E-state index is 0.197. The second kappa shape index (κ2) is 8.49. The molecule has 0 unspecified atom stereocenters. The molecule has 0 aliphatic heterocycles. The van der Waals surface area contributed by atoms with E-state index in [2.05, 4.69) is 10.3 Å². The topological polar surface area (TPSA) is 82.6 Å². The third-order valence-corrected chi connectivity index (χ3v) is 6.42. The lowest BCUT2D eigenvalue weighted by atomic mass is 10.2. The minimum Gasteiger partial charge on any atom is -0.362 e. The second-order valence-electron chi connectivity index (χ2n) is 6.29. The molecule has 146 valence electrons. The van der Waals surface area contributed by atoms with E-state index in [9.17, 15) is 13.2 Å². The van der Waals surface area contributed by atoms with E-state index >= 15 is 0 Å². The first-order valence-corrected chi connectivity index (χ1v) is 10.2. The lowest BCUT2D eigenvalue weighted by Crippen LogP contribution is -2.31. The molecule has 0 aliphatic carbocycles. The summed E-state index contributed by atoms with van der Waals surface area (Å²) in [7, 11) is -0.00433. The minimum atomic E-state index is -3.61. The van der Waals surface area contributed by atoms with E-state index in [4.69, 9.17) is 0 Å². The van der Waals surface area contributed by atoms with Crippen LogP contribution in [0.1, 0.15) is 29.8 Å². The van der Waals surface area contributed by atoms with Crippen LogP contribution in [-0.2, 0) is 10.0 Å². The van der Waals surface area contributed by atoms with Crippen LogP contribution in [0.3, 0.4) is 0 Å². The Morgan fingerprint density at radius 2 is 1.81 bits per heavy atom. The zero-order valence-corrected chi connectivity index (χ0v) is 17.2. The summed E-state index contributed by atoms with van der Waals surface area (Å²) in [6.45, 7) is 6.11. The smallest absolute Gasteiger partial charge is 0.259 e. The molecule has 0 spiro atoms. The molecule has 1 aromatic carbocycles. The van der Waals surface area contributed by atoms with Gasteiger partial charge in [0.15, 0.2) is 0 Å². The van der Waals surface area contributed by atoms with E-state index in [1.807, 2.05) is 0 Å². The molecule has 0 saturated heterocycles. The molecule has 1 heterocycles. The first-order chi connectivity index (χ1) is 12.7. The number of nitrogens with one attached hydrogen (secondary N) is 1. The van der Waals surface area contributed by atoms with Crippen LogP contribution < -0.4 is 10.2 Å². The summed E-state index contributed by atoms with van der Waals surface area (Å²) in [5.74, 6) is 0.194. The predicted molar refractivity (Wildman–Crippen MR) is 108 cm³/mol. The summed E-state index contributed by atoms with van der Waals surface area (Å²) in [5, 5.41) is 2.78. The van der Waals surface area contributed by atoms with Crippen LogP contribution >= 0.6 is 0 Å². The van der Waals surface area contributed by atoms with Gasteiger partial charge in [0, 0.05) is 39.1 Å². The van der Waals surface area contributed by atoms with E-state index in [1.54, 1.807) is 70.2 Å². The van der Waals surface area contributed by atoms with Gasteiger partial charge in [-0.05, 0) is 36.8 Å². The van der Waals surface area contributed by atoms with E-state index < -0.39 is 10.0 Å². The molecule has 0 aliphatic rings. The van der Waals surface area contributed by atoms with Gasteiger partial charge in [-0.25, -0.2) is 13.4 Å². The van der Waals surface area contributed by atoms with E-state index in [0.29, 0.717) is 35.7 Å². The van der Waals surface area contributed by atoms with Crippen LogP contribution in [0.5, 0.6) is 0 Å². The number of carbonyl (C=O) groups is 1. The molecular weight excluding hydrogens is 364 g/mol. The van der Waals surface area contributed by atoms with Crippen molar-refractivity contribution in [1.82, 2.24) is 9.29 Å². The Kier molecular flexibility index (Phi) is 6.56. The van der Waals surface area contributed by atoms with Crippen LogP contribution in [0, 0.1) is 6.92 Å². The van der Waals surface area contributed by atoms with Crippen molar-refractivity contribution in [2.45, 2.75) is 25.7 Å². The Labute approximate surface area is 161 Å². The number of aromatic nitrogens is 1. The van der Waals surface area contributed by atoms with Crippen LogP contribution in [0.4, 0.5) is 11.5 Å². The highest BCUT2D eigenvalue weighted by Gasteiger charge is 2.24. The normalized spacial score (nSPS) is 11.5. The Balaban J connectivity index is 2.38. The van der Waals surface area contributed by atoms with Gasteiger partial charge in [-0.1, -0.05) is 19.9 Å². The molecule has 0 saturated carbocycles. The number of rotatable bonds is 7. The van der Waals surface area contributed by atoms with Gasteiger partial charge in [0.2, 0.25) is 10.0 Å². The van der Waals surface area contributed by atoms with Gasteiger partial charge in [0.25, 0.3) is 5.91 Å². The van der Waals surface area contributed by atoms with Crippen molar-refractivity contribution in [2.24, 2.45) is 0 Å². The zero-order chi connectivity index (χ0) is 20.2. The van der Waals surface area contributed by atoms with Crippen molar-refractivity contribution in [3.05, 3.63) is 47.7 Å². The summed E-state index contributed by atoms with van der Waals surface area (Å²) in [5.41, 5.74) is 1.47. The molecule has 2 rings (SSSR count). The number of pyridine rings is 1. The highest BCUT2D eigenvalue weighted by Crippen LogP contribution is 2.24. The summed E-state index contributed by atoms with van der Waals surface area (Å²) < 4.78 is 27.1. The molecule has 1 amide bonds. The lowest BCUT2D eigenvalue weighted by molar-refractivity contribution is 0.102. The van der Waals surface area contributed by atoms with Crippen molar-refractivity contribution in [3.8, 4) is 0 Å². The van der Waals surface area contributed by atoms with Gasteiger partial charge in [-0.15, -0.1) is 0 Å². The molecule has 1 N–H and O–H groups in total. The number of benzene rings is 1. The number of aryl methyl sites for hydroxylation is 1. The molecule has 8 heteroatoms. The van der Waals surface area contributed by atoms with Gasteiger partial charge in [-0.3, -0.25) is 4.79 Å². The van der Waals surface area contributed by atoms with Gasteiger partial charge in [-0.2, -0.15) is 4.31 Å². The van der Waals surface area contributed by atoms with E-state index in [0.717, 1.165) is 0 Å². The van der Waals surface area contributed by atoms with Crippen molar-refractivity contribution >= 4 is 27.4 Å². The Morgan fingerprint density at radius 3 is 2.41 bits per heavy atom. The number of amides is 1. The lowest BCUT2D eigenvalue weighted by Gasteiger charge is -2.20. The van der Waals surface area contributed by atoms with Crippen LogP contribution in [0.2, 0.25) is 0 Å². The maximum absolute atomic E-state index is 12.9. The quantitative estimate of drug-likeness (QED) is 0.786. The number of nitrogens with zero attached hydrogens (tertiary/aromatic N) is 3. The first kappa shape index (κ1) is 20.9. The first-order valence-electron chi connectivity index (χ1n) is 8.76. The van der Waals surface area contributed by atoms with Crippen LogP contribution in [-0.4, -0.2) is 50.8 Å². The fraction of sp³-hybridized carbons (Fsp3) is 0.368. The predicted octanol–water partition coefficient (Wildman–Crippen LogP) is 2.74. The fourth-order valence-electron chi connectivity index (χ4n) is 2.79. The van der Waals surface area contributed by atoms with E-state index in [1.165, 1.54) is 10.4 Å². The summed E-state index contributed by atoms with van der Waals surface area (Å²) >= 11 is 0. The highest BCUT2D eigenvalue weighted by atomic mass is 32.2. The fourth-order valence-corrected chi connectivity index (χ4v) is 4.50. The highest BCUT2D eigenvalue weighted by molar-refractivity contribution is 7.89. The van der Waals surface area contributed by atoms with Crippen molar-refractivity contribution < 1.29 is 13.2 Å². The maximum atomic E-state index is 12.9. The average molecular weight is 391 g/mol. The third kappa shape index (κ3) is 4.45. The third-order valence-electron chi connectivity index (χ3n) is 4.22. The van der Waals surface area contributed by atoms with Crippen molar-refractivity contribution in [1.29, 1.82) is 0 Å². The second-order valence-corrected chi connectivity index (χ2v) is 8.20. The standard InChI is InChI=1S/C19H26N4O3S/c1-6-23(7-2)27(25,26)17-13-15(11-10-14(17)3)21-19(24)16-9-8-12-20-18(16)22(4)5/h8-13H,6-7H2,1-5H3,(H,21,24). The molecule has 2 aromatic rings. The summed E-state index contributed by atoms with van der Waals surface area (Å²) in [6, 6.07) is 8.27. The summed E-state index contributed by atoms with van der Waals surface area (Å²) in [4.78, 5) is 18.9. The number of hydrogen-bond donors (Lipinski definition) is 1. The maximum Gasteiger partial charge on any atom is 0.259 e. The van der Waals surface area contributed by atoms with E-state index in [-0.39, 0.29) is 10.8 Å². The average Bonchev–Trinajstić information content (AvgIpc) is 2.63. The number of anilines is 2.